The van der Waals surface area contributed by atoms with Crippen molar-refractivity contribution in [3.8, 4) is 6.07 Å². The van der Waals surface area contributed by atoms with Crippen LogP contribution < -0.4 is 10.6 Å². The minimum atomic E-state index is -0.897. The van der Waals surface area contributed by atoms with Gasteiger partial charge in [0.1, 0.15) is 11.5 Å². The molecule has 1 unspecified atom stereocenters. The number of hydrogen-bond acceptors (Lipinski definition) is 7. The lowest BCUT2D eigenvalue weighted by atomic mass is 9.81. The van der Waals surface area contributed by atoms with Gasteiger partial charge >= 0.3 is 11.9 Å². The van der Waals surface area contributed by atoms with Crippen LogP contribution in [-0.4, -0.2) is 26.2 Å². The number of hydrogen-bond donors (Lipinski definition) is 1. The summed E-state index contributed by atoms with van der Waals surface area (Å²) in [5.74, 6) is -2.39. The van der Waals surface area contributed by atoms with Crippen LogP contribution in [0.2, 0.25) is 0 Å². The van der Waals surface area contributed by atoms with Gasteiger partial charge in [-0.1, -0.05) is 72.8 Å². The molecule has 3 aromatic carbocycles. The Morgan fingerprint density at radius 1 is 0.861 bits per heavy atom. The molecule has 1 aliphatic heterocycles. The second-order valence-corrected chi connectivity index (χ2v) is 8.16. The molecule has 36 heavy (non-hydrogen) atoms. The first-order valence-electron chi connectivity index (χ1n) is 11.3. The Morgan fingerprint density at radius 2 is 1.42 bits per heavy atom. The standard InChI is InChI=1S/C29H25N3O4/c1-35-28(33)25-24(21-11-7-4-8-12-21)23(18-30)27(31)32(26(25)29(34)36-2)22-15-13-20(14-16-22)17-19-9-5-3-6-10-19/h3-16,24H,17,31H2,1-2H3. The van der Waals surface area contributed by atoms with E-state index >= 15 is 0 Å². The van der Waals surface area contributed by atoms with Gasteiger partial charge in [-0.3, -0.25) is 4.90 Å². The number of allylic oxidation sites excluding steroid dienone is 1. The zero-order valence-electron chi connectivity index (χ0n) is 20.0. The predicted molar refractivity (Wildman–Crippen MR) is 135 cm³/mol. The summed E-state index contributed by atoms with van der Waals surface area (Å²) in [6.45, 7) is 0. The molecule has 0 amide bonds. The van der Waals surface area contributed by atoms with Crippen LogP contribution >= 0.6 is 0 Å². The van der Waals surface area contributed by atoms with Gasteiger partial charge in [-0.25, -0.2) is 9.59 Å². The van der Waals surface area contributed by atoms with E-state index in [1.807, 2.05) is 48.5 Å². The van der Waals surface area contributed by atoms with E-state index in [1.54, 1.807) is 36.4 Å². The van der Waals surface area contributed by atoms with Crippen LogP contribution in [0.25, 0.3) is 0 Å². The normalized spacial score (nSPS) is 15.4. The molecule has 0 saturated carbocycles. The lowest BCUT2D eigenvalue weighted by molar-refractivity contribution is -0.139. The monoisotopic (exact) mass is 479 g/mol. The Kier molecular flexibility index (Phi) is 7.17. The summed E-state index contributed by atoms with van der Waals surface area (Å²) in [4.78, 5) is 27.6. The first-order valence-corrected chi connectivity index (χ1v) is 11.3. The van der Waals surface area contributed by atoms with Gasteiger partial charge in [0, 0.05) is 5.69 Å². The van der Waals surface area contributed by atoms with Gasteiger partial charge in [0.25, 0.3) is 0 Å². The molecule has 0 saturated heterocycles. The van der Waals surface area contributed by atoms with Gasteiger partial charge in [-0.15, -0.1) is 0 Å². The fraction of sp³-hybridized carbons (Fsp3) is 0.138. The van der Waals surface area contributed by atoms with Crippen molar-refractivity contribution in [1.82, 2.24) is 0 Å². The Bertz CT molecular complexity index is 1370. The van der Waals surface area contributed by atoms with Crippen molar-refractivity contribution < 1.29 is 19.1 Å². The molecule has 0 bridgehead atoms. The molecule has 0 spiro atoms. The molecule has 1 heterocycles. The summed E-state index contributed by atoms with van der Waals surface area (Å²) < 4.78 is 10.1. The maximum absolute atomic E-state index is 13.1. The maximum atomic E-state index is 13.1. The summed E-state index contributed by atoms with van der Waals surface area (Å²) >= 11 is 0. The van der Waals surface area contributed by atoms with Gasteiger partial charge in [-0.05, 0) is 35.2 Å². The van der Waals surface area contributed by atoms with Crippen molar-refractivity contribution in [2.45, 2.75) is 12.3 Å². The van der Waals surface area contributed by atoms with Crippen LogP contribution in [0, 0.1) is 11.3 Å². The molecule has 3 aromatic rings. The summed E-state index contributed by atoms with van der Waals surface area (Å²) in [6.07, 6.45) is 0.721. The van der Waals surface area contributed by atoms with Crippen LogP contribution in [0.3, 0.4) is 0 Å². The van der Waals surface area contributed by atoms with E-state index in [0.29, 0.717) is 11.3 Å². The number of nitrogens with zero attached hydrogens (tertiary/aromatic N) is 2. The van der Waals surface area contributed by atoms with E-state index < -0.39 is 17.9 Å². The van der Waals surface area contributed by atoms with E-state index in [4.69, 9.17) is 15.2 Å². The minimum Gasteiger partial charge on any atom is -0.466 e. The maximum Gasteiger partial charge on any atom is 0.355 e. The zero-order valence-corrected chi connectivity index (χ0v) is 20.0. The van der Waals surface area contributed by atoms with Crippen LogP contribution in [0.1, 0.15) is 22.6 Å². The van der Waals surface area contributed by atoms with Crippen LogP contribution in [-0.2, 0) is 25.5 Å². The van der Waals surface area contributed by atoms with E-state index in [2.05, 4.69) is 6.07 Å². The number of rotatable bonds is 6. The van der Waals surface area contributed by atoms with Crippen molar-refractivity contribution >= 4 is 17.6 Å². The number of esters is 2. The van der Waals surface area contributed by atoms with Gasteiger partial charge in [0.2, 0.25) is 0 Å². The average molecular weight is 480 g/mol. The number of ether oxygens (including phenoxy) is 2. The largest absolute Gasteiger partial charge is 0.466 e. The van der Waals surface area contributed by atoms with Crippen molar-refractivity contribution in [2.75, 3.05) is 19.1 Å². The number of nitriles is 1. The molecule has 2 N–H and O–H groups in total. The Labute approximate surface area is 209 Å². The van der Waals surface area contributed by atoms with Crippen LogP contribution in [0.15, 0.2) is 108 Å². The second-order valence-electron chi connectivity index (χ2n) is 8.16. The van der Waals surface area contributed by atoms with Crippen LogP contribution in [0.5, 0.6) is 0 Å². The average Bonchev–Trinajstić information content (AvgIpc) is 2.93. The smallest absolute Gasteiger partial charge is 0.355 e. The quantitative estimate of drug-likeness (QED) is 0.529. The van der Waals surface area contributed by atoms with Gasteiger partial charge < -0.3 is 15.2 Å². The van der Waals surface area contributed by atoms with Crippen molar-refractivity contribution in [1.29, 1.82) is 5.26 Å². The van der Waals surface area contributed by atoms with Crippen molar-refractivity contribution in [3.63, 3.8) is 0 Å². The molecular weight excluding hydrogens is 454 g/mol. The first kappa shape index (κ1) is 24.3. The second kappa shape index (κ2) is 10.6. The molecule has 0 aromatic heterocycles. The molecule has 7 heteroatoms. The van der Waals surface area contributed by atoms with Gasteiger partial charge in [-0.2, -0.15) is 5.26 Å². The fourth-order valence-electron chi connectivity index (χ4n) is 4.38. The van der Waals surface area contributed by atoms with E-state index in [9.17, 15) is 14.9 Å². The third-order valence-electron chi connectivity index (χ3n) is 6.06. The highest BCUT2D eigenvalue weighted by atomic mass is 16.5. The lowest BCUT2D eigenvalue weighted by Crippen LogP contribution is -2.40. The molecule has 0 radical (unpaired) electrons. The SMILES string of the molecule is COC(=O)C1=C(C(=O)OC)N(c2ccc(Cc3ccccc3)cc2)C(N)=C(C#N)C1c1ccccc1. The number of carbonyl (C=O) groups is 2. The molecule has 180 valence electrons. The Morgan fingerprint density at radius 3 is 1.97 bits per heavy atom. The molecule has 7 nitrogen and oxygen atoms in total. The molecular formula is C29H25N3O4. The van der Waals surface area contributed by atoms with E-state index in [-0.39, 0.29) is 22.7 Å². The molecule has 0 aliphatic carbocycles. The molecule has 4 rings (SSSR count). The Hall–Kier alpha value is -4.83. The fourth-order valence-corrected chi connectivity index (χ4v) is 4.38. The topological polar surface area (TPSA) is 106 Å². The summed E-state index contributed by atoms with van der Waals surface area (Å²) in [7, 11) is 2.45. The number of carbonyl (C=O) groups excluding carboxylic acids is 2. The highest BCUT2D eigenvalue weighted by Crippen LogP contribution is 2.43. The zero-order chi connectivity index (χ0) is 25.7. The van der Waals surface area contributed by atoms with Crippen LogP contribution in [0.4, 0.5) is 5.69 Å². The minimum absolute atomic E-state index is 0.0188. The first-order chi connectivity index (χ1) is 17.5. The highest BCUT2D eigenvalue weighted by molar-refractivity contribution is 6.06. The number of anilines is 1. The van der Waals surface area contributed by atoms with Crippen molar-refractivity contribution in [2.24, 2.45) is 5.73 Å². The molecule has 1 atom stereocenters. The van der Waals surface area contributed by atoms with Gasteiger partial charge in [0.05, 0.1) is 37.4 Å². The molecule has 0 fully saturated rings. The summed E-state index contributed by atoms with van der Waals surface area (Å²) in [5.41, 5.74) is 9.88. The number of benzene rings is 3. The molecule has 1 aliphatic rings. The van der Waals surface area contributed by atoms with Crippen molar-refractivity contribution in [3.05, 3.63) is 124 Å². The van der Waals surface area contributed by atoms with E-state index in [1.165, 1.54) is 19.1 Å². The Balaban J connectivity index is 1.88. The summed E-state index contributed by atoms with van der Waals surface area (Å²) in [5, 5.41) is 10.1. The number of methoxy groups -OCH3 is 2. The third-order valence-corrected chi connectivity index (χ3v) is 6.06. The van der Waals surface area contributed by atoms with E-state index in [0.717, 1.165) is 17.5 Å². The predicted octanol–water partition coefficient (Wildman–Crippen LogP) is 4.18. The lowest BCUT2D eigenvalue weighted by Gasteiger charge is -2.36. The summed E-state index contributed by atoms with van der Waals surface area (Å²) in [6, 6.07) is 28.5. The highest BCUT2D eigenvalue weighted by Gasteiger charge is 2.42. The third kappa shape index (κ3) is 4.57. The van der Waals surface area contributed by atoms with Gasteiger partial charge in [0.15, 0.2) is 0 Å². The number of nitrogens with two attached hydrogens (primary N) is 1.